The minimum atomic E-state index is -0.290. The van der Waals surface area contributed by atoms with Gasteiger partial charge in [0, 0.05) is 18.8 Å². The normalized spacial score (nSPS) is 21.0. The number of benzene rings is 1. The van der Waals surface area contributed by atoms with Gasteiger partial charge >= 0.3 is 0 Å². The summed E-state index contributed by atoms with van der Waals surface area (Å²) < 4.78 is 0. The van der Waals surface area contributed by atoms with Crippen molar-refractivity contribution in [2.45, 2.75) is 32.7 Å². The summed E-state index contributed by atoms with van der Waals surface area (Å²) in [5.41, 5.74) is 3.33. The Bertz CT molecular complexity index is 720. The number of hydrogen-bond donors (Lipinski definition) is 0. The van der Waals surface area contributed by atoms with Gasteiger partial charge in [0.2, 0.25) is 0 Å². The van der Waals surface area contributed by atoms with Gasteiger partial charge in [0.25, 0.3) is 11.1 Å². The summed E-state index contributed by atoms with van der Waals surface area (Å²) in [6.45, 7) is 9.72. The van der Waals surface area contributed by atoms with Crippen LogP contribution in [0.4, 0.5) is 10.5 Å². The van der Waals surface area contributed by atoms with E-state index in [4.69, 9.17) is 0 Å². The molecule has 0 unspecified atom stereocenters. The van der Waals surface area contributed by atoms with E-state index in [0.29, 0.717) is 4.91 Å². The molecule has 0 radical (unpaired) electrons. The molecule has 0 aromatic heterocycles. The van der Waals surface area contributed by atoms with Crippen molar-refractivity contribution in [2.75, 3.05) is 18.0 Å². The van der Waals surface area contributed by atoms with Gasteiger partial charge in [0.15, 0.2) is 0 Å². The number of nitrogens with zero attached hydrogens (tertiary/aromatic N) is 2. The fraction of sp³-hybridized carbons (Fsp3) is 0.368. The summed E-state index contributed by atoms with van der Waals surface area (Å²) in [5, 5.41) is -0.231. The molecule has 1 aromatic rings. The first-order chi connectivity index (χ1) is 11.5. The van der Waals surface area contributed by atoms with Crippen LogP contribution in [0, 0.1) is 6.92 Å². The van der Waals surface area contributed by atoms with Gasteiger partial charge in [-0.1, -0.05) is 12.1 Å². The molecule has 2 aliphatic rings. The van der Waals surface area contributed by atoms with Crippen molar-refractivity contribution >= 4 is 34.7 Å². The lowest BCUT2D eigenvalue weighted by atomic mass is 10.1. The summed E-state index contributed by atoms with van der Waals surface area (Å²) in [6.07, 6.45) is 5.92. The third-order valence-electron chi connectivity index (χ3n) is 4.58. The zero-order valence-electron chi connectivity index (χ0n) is 14.1. The number of hydrogen-bond acceptors (Lipinski definition) is 4. The Morgan fingerprint density at radius 1 is 1.25 bits per heavy atom. The summed E-state index contributed by atoms with van der Waals surface area (Å²) in [7, 11) is 0. The Labute approximate surface area is 147 Å². The topological polar surface area (TPSA) is 40.6 Å². The van der Waals surface area contributed by atoms with Crippen LogP contribution in [-0.2, 0) is 4.79 Å². The first-order valence-electron chi connectivity index (χ1n) is 8.26. The van der Waals surface area contributed by atoms with E-state index in [0.717, 1.165) is 36.0 Å². The molecular weight excluding hydrogens is 320 g/mol. The maximum absolute atomic E-state index is 12.5. The van der Waals surface area contributed by atoms with Gasteiger partial charge in [-0.25, -0.2) is 0 Å². The maximum atomic E-state index is 12.5. The highest BCUT2D eigenvalue weighted by atomic mass is 32.2. The van der Waals surface area contributed by atoms with Crippen molar-refractivity contribution < 1.29 is 9.59 Å². The van der Waals surface area contributed by atoms with E-state index in [9.17, 15) is 9.59 Å². The van der Waals surface area contributed by atoms with Gasteiger partial charge in [-0.15, -0.1) is 6.58 Å². The lowest BCUT2D eigenvalue weighted by Crippen LogP contribution is -2.35. The Hall–Kier alpha value is -2.01. The lowest BCUT2D eigenvalue weighted by molar-refractivity contribution is -0.123. The molecule has 126 valence electrons. The van der Waals surface area contributed by atoms with E-state index < -0.39 is 0 Å². The molecule has 0 spiro atoms. The number of carbonyl (C=O) groups is 2. The van der Waals surface area contributed by atoms with Crippen molar-refractivity contribution in [3.63, 3.8) is 0 Å². The van der Waals surface area contributed by atoms with Crippen molar-refractivity contribution in [3.8, 4) is 0 Å². The van der Waals surface area contributed by atoms with E-state index >= 15 is 0 Å². The van der Waals surface area contributed by atoms with Gasteiger partial charge in [0.1, 0.15) is 0 Å². The summed E-state index contributed by atoms with van der Waals surface area (Å²) >= 11 is 0.999. The first kappa shape index (κ1) is 16.8. The molecule has 1 aromatic carbocycles. The molecule has 0 aliphatic carbocycles. The predicted molar refractivity (Wildman–Crippen MR) is 100 cm³/mol. The van der Waals surface area contributed by atoms with E-state index in [1.807, 2.05) is 19.1 Å². The van der Waals surface area contributed by atoms with Crippen molar-refractivity contribution in [1.82, 2.24) is 4.90 Å². The quantitative estimate of drug-likeness (QED) is 0.607. The van der Waals surface area contributed by atoms with Gasteiger partial charge in [-0.3, -0.25) is 14.5 Å². The van der Waals surface area contributed by atoms with Gasteiger partial charge < -0.3 is 4.90 Å². The molecule has 1 atom stereocenters. The van der Waals surface area contributed by atoms with Crippen LogP contribution in [0.1, 0.15) is 30.9 Å². The molecule has 0 saturated carbocycles. The number of carbonyl (C=O) groups excluding carboxylic acids is 2. The Morgan fingerprint density at radius 3 is 2.58 bits per heavy atom. The minimum Gasteiger partial charge on any atom is -0.372 e. The third-order valence-corrected chi connectivity index (χ3v) is 5.47. The molecule has 2 aliphatic heterocycles. The first-order valence-corrected chi connectivity index (χ1v) is 9.08. The number of anilines is 1. The van der Waals surface area contributed by atoms with E-state index in [1.165, 1.54) is 23.4 Å². The Morgan fingerprint density at radius 2 is 1.96 bits per heavy atom. The lowest BCUT2D eigenvalue weighted by Gasteiger charge is -2.19. The van der Waals surface area contributed by atoms with E-state index in [1.54, 1.807) is 13.0 Å². The second kappa shape index (κ2) is 6.85. The van der Waals surface area contributed by atoms with Crippen LogP contribution in [0.3, 0.4) is 0 Å². The maximum Gasteiger partial charge on any atom is 0.294 e. The third kappa shape index (κ3) is 3.13. The minimum absolute atomic E-state index is 0.231. The fourth-order valence-electron chi connectivity index (χ4n) is 3.07. The van der Waals surface area contributed by atoms with Crippen LogP contribution in [0.5, 0.6) is 0 Å². The molecule has 0 N–H and O–H groups in total. The van der Waals surface area contributed by atoms with Crippen molar-refractivity contribution in [2.24, 2.45) is 0 Å². The SMILES string of the molecule is C=C[C@H](C)N1C(=O)S/C(=C\c2ccc(N3CCCC3)cc2C)C1=O. The average molecular weight is 342 g/mol. The zero-order valence-corrected chi connectivity index (χ0v) is 14.9. The van der Waals surface area contributed by atoms with Crippen LogP contribution in [0.15, 0.2) is 35.8 Å². The number of thioether (sulfide) groups is 1. The van der Waals surface area contributed by atoms with Gasteiger partial charge in [-0.2, -0.15) is 0 Å². The highest BCUT2D eigenvalue weighted by Crippen LogP contribution is 2.34. The van der Waals surface area contributed by atoms with Crippen LogP contribution < -0.4 is 4.90 Å². The Kier molecular flexibility index (Phi) is 4.81. The average Bonchev–Trinajstić information content (AvgIpc) is 3.18. The smallest absolute Gasteiger partial charge is 0.294 e. The molecule has 24 heavy (non-hydrogen) atoms. The van der Waals surface area contributed by atoms with Crippen LogP contribution in [-0.4, -0.2) is 35.2 Å². The van der Waals surface area contributed by atoms with Crippen molar-refractivity contribution in [3.05, 3.63) is 46.9 Å². The number of rotatable bonds is 4. The molecule has 2 saturated heterocycles. The monoisotopic (exact) mass is 342 g/mol. The van der Waals surface area contributed by atoms with Crippen LogP contribution in [0.25, 0.3) is 6.08 Å². The number of amides is 2. The summed E-state index contributed by atoms with van der Waals surface area (Å²) in [4.78, 5) is 28.7. The molecule has 4 nitrogen and oxygen atoms in total. The molecular formula is C19H22N2O2S. The van der Waals surface area contributed by atoms with E-state index in [-0.39, 0.29) is 17.2 Å². The van der Waals surface area contributed by atoms with Crippen molar-refractivity contribution in [1.29, 1.82) is 0 Å². The zero-order chi connectivity index (χ0) is 17.3. The highest BCUT2D eigenvalue weighted by molar-refractivity contribution is 8.18. The van der Waals surface area contributed by atoms with Crippen LogP contribution >= 0.6 is 11.8 Å². The fourth-order valence-corrected chi connectivity index (χ4v) is 3.98. The Balaban J connectivity index is 1.85. The summed E-state index contributed by atoms with van der Waals surface area (Å²) in [6, 6.07) is 6.00. The molecule has 2 heterocycles. The van der Waals surface area contributed by atoms with Gasteiger partial charge in [0.05, 0.1) is 10.9 Å². The standard InChI is InChI=1S/C19H22N2O2S/c1-4-14(3)21-18(22)17(24-19(21)23)12-15-7-8-16(11-13(15)2)20-9-5-6-10-20/h4,7-8,11-12,14H,1,5-6,9-10H2,2-3H3/b17-12-/t14-/m0/s1. The molecule has 2 fully saturated rings. The second-order valence-electron chi connectivity index (χ2n) is 6.26. The highest BCUT2D eigenvalue weighted by Gasteiger charge is 2.37. The summed E-state index contributed by atoms with van der Waals surface area (Å²) in [5.74, 6) is -0.236. The van der Waals surface area contributed by atoms with E-state index in [2.05, 4.69) is 23.6 Å². The number of imide groups is 1. The molecule has 3 rings (SSSR count). The van der Waals surface area contributed by atoms with Crippen LogP contribution in [0.2, 0.25) is 0 Å². The molecule has 2 amide bonds. The molecule has 0 bridgehead atoms. The largest absolute Gasteiger partial charge is 0.372 e. The molecule has 5 heteroatoms. The second-order valence-corrected chi connectivity index (χ2v) is 7.26. The number of aryl methyl sites for hydroxylation is 1. The van der Waals surface area contributed by atoms with Gasteiger partial charge in [-0.05, 0) is 67.8 Å². The predicted octanol–water partition coefficient (Wildman–Crippen LogP) is 4.21.